The number of benzene rings is 3. The molecule has 0 spiro atoms. The van der Waals surface area contributed by atoms with E-state index in [1.165, 1.54) is 0 Å². The van der Waals surface area contributed by atoms with Crippen LogP contribution in [0.5, 0.6) is 11.5 Å². The van der Waals surface area contributed by atoms with Gasteiger partial charge < -0.3 is 19.5 Å². The molecule has 0 saturated heterocycles. The molecule has 0 radical (unpaired) electrons. The minimum absolute atomic E-state index is 0.0494. The van der Waals surface area contributed by atoms with Crippen LogP contribution in [0.2, 0.25) is 5.02 Å². The van der Waals surface area contributed by atoms with Gasteiger partial charge in [-0.15, -0.1) is 0 Å². The third-order valence-electron chi connectivity index (χ3n) is 7.06. The first-order valence-corrected chi connectivity index (χ1v) is 13.2. The molecule has 3 aromatic carbocycles. The Labute approximate surface area is 233 Å². The number of methoxy groups -OCH3 is 1. The van der Waals surface area contributed by atoms with Gasteiger partial charge in [-0.2, -0.15) is 5.10 Å². The van der Waals surface area contributed by atoms with E-state index < -0.39 is 11.6 Å². The molecule has 0 fully saturated rings. The van der Waals surface area contributed by atoms with E-state index in [0.29, 0.717) is 33.5 Å². The number of anilines is 1. The SMILES string of the molecule is COc1cc2c(cc1OC(C)C)C(c1ccc(Cl)cc1)N(c1ccc([C@](C)(O)c3ccn(C)n3)cc1)C(=O)C2. The van der Waals surface area contributed by atoms with Crippen LogP contribution < -0.4 is 14.4 Å². The number of halogens is 1. The van der Waals surface area contributed by atoms with Crippen LogP contribution >= 0.6 is 11.6 Å². The molecule has 7 nitrogen and oxygen atoms in total. The normalized spacial score (nSPS) is 16.7. The molecule has 0 bridgehead atoms. The number of rotatable bonds is 7. The van der Waals surface area contributed by atoms with Gasteiger partial charge in [0, 0.05) is 24.0 Å². The van der Waals surface area contributed by atoms with E-state index in [9.17, 15) is 9.90 Å². The van der Waals surface area contributed by atoms with Gasteiger partial charge in [0.1, 0.15) is 5.60 Å². The van der Waals surface area contributed by atoms with Gasteiger partial charge in [0.2, 0.25) is 5.91 Å². The maximum absolute atomic E-state index is 13.7. The average molecular weight is 546 g/mol. The molecule has 5 rings (SSSR count). The predicted octanol–water partition coefficient (Wildman–Crippen LogP) is 5.80. The van der Waals surface area contributed by atoms with Crippen molar-refractivity contribution >= 4 is 23.2 Å². The number of carbonyl (C=O) groups excluding carboxylic acids is 1. The number of fused-ring (bicyclic) bond motifs is 1. The van der Waals surface area contributed by atoms with Gasteiger partial charge in [0.05, 0.1) is 31.4 Å². The van der Waals surface area contributed by atoms with E-state index in [2.05, 4.69) is 5.10 Å². The van der Waals surface area contributed by atoms with Crippen molar-refractivity contribution < 1.29 is 19.4 Å². The monoisotopic (exact) mass is 545 g/mol. The molecule has 0 aliphatic carbocycles. The molecule has 2 heterocycles. The van der Waals surface area contributed by atoms with Gasteiger partial charge in [-0.1, -0.05) is 35.9 Å². The second-order valence-corrected chi connectivity index (χ2v) is 10.7. The van der Waals surface area contributed by atoms with Gasteiger partial charge in [-0.05, 0) is 85.5 Å². The Hall–Kier alpha value is -3.81. The fourth-order valence-corrected chi connectivity index (χ4v) is 5.22. The molecule has 8 heteroatoms. The summed E-state index contributed by atoms with van der Waals surface area (Å²) < 4.78 is 13.3. The third-order valence-corrected chi connectivity index (χ3v) is 7.31. The minimum Gasteiger partial charge on any atom is -0.493 e. The molecule has 202 valence electrons. The number of hydrogen-bond acceptors (Lipinski definition) is 5. The summed E-state index contributed by atoms with van der Waals surface area (Å²) in [7, 11) is 3.41. The fourth-order valence-electron chi connectivity index (χ4n) is 5.10. The second kappa shape index (κ2) is 10.4. The lowest BCUT2D eigenvalue weighted by atomic mass is 9.86. The zero-order valence-electron chi connectivity index (χ0n) is 22.7. The van der Waals surface area contributed by atoms with Crippen LogP contribution in [0.1, 0.15) is 54.8 Å². The summed E-state index contributed by atoms with van der Waals surface area (Å²) in [5.74, 6) is 1.17. The fraction of sp³-hybridized carbons (Fsp3) is 0.290. The zero-order chi connectivity index (χ0) is 27.9. The van der Waals surface area contributed by atoms with Gasteiger partial charge >= 0.3 is 0 Å². The second-order valence-electron chi connectivity index (χ2n) is 10.3. The molecule has 0 saturated carbocycles. The number of ether oxygens (including phenoxy) is 2. The Balaban J connectivity index is 1.61. The highest BCUT2D eigenvalue weighted by molar-refractivity contribution is 6.30. The van der Waals surface area contributed by atoms with E-state index in [4.69, 9.17) is 21.1 Å². The first kappa shape index (κ1) is 26.8. The van der Waals surface area contributed by atoms with Crippen molar-refractivity contribution in [2.45, 2.75) is 44.9 Å². The van der Waals surface area contributed by atoms with Crippen LogP contribution in [-0.4, -0.2) is 34.0 Å². The van der Waals surface area contributed by atoms with Crippen LogP contribution in [0.15, 0.2) is 72.9 Å². The number of aromatic nitrogens is 2. The summed E-state index contributed by atoms with van der Waals surface area (Å²) in [6.45, 7) is 5.65. The highest BCUT2D eigenvalue weighted by atomic mass is 35.5. The number of hydrogen-bond donors (Lipinski definition) is 1. The summed E-state index contributed by atoms with van der Waals surface area (Å²) in [5.41, 5.74) is 3.42. The van der Waals surface area contributed by atoms with Gasteiger partial charge in [0.15, 0.2) is 11.5 Å². The lowest BCUT2D eigenvalue weighted by Gasteiger charge is -2.38. The number of aryl methyl sites for hydroxylation is 1. The van der Waals surface area contributed by atoms with Gasteiger partial charge in [-0.3, -0.25) is 9.48 Å². The largest absolute Gasteiger partial charge is 0.493 e. The summed E-state index contributed by atoms with van der Waals surface area (Å²) in [6.07, 6.45) is 1.96. The minimum atomic E-state index is -1.28. The van der Waals surface area contributed by atoms with Crippen LogP contribution in [0.3, 0.4) is 0 Å². The standard InChI is InChI=1S/C31H32ClN3O4/c1-19(2)39-27-18-25-21(16-26(27)38-5)17-29(36)35(30(25)20-6-10-23(32)11-7-20)24-12-8-22(9-13-24)31(3,37)28-14-15-34(4)33-28/h6-16,18-19,30,37H,17H2,1-5H3/t30?,31-/m0/s1. The van der Waals surface area contributed by atoms with Crippen molar-refractivity contribution in [3.8, 4) is 11.5 Å². The first-order valence-electron chi connectivity index (χ1n) is 12.9. The Morgan fingerprint density at radius 2 is 1.74 bits per heavy atom. The Morgan fingerprint density at radius 1 is 1.05 bits per heavy atom. The summed E-state index contributed by atoms with van der Waals surface area (Å²) in [6, 6.07) is 20.2. The molecule has 1 unspecified atom stereocenters. The molecular formula is C31H32ClN3O4. The molecular weight excluding hydrogens is 514 g/mol. The van der Waals surface area contributed by atoms with Crippen molar-refractivity contribution in [1.29, 1.82) is 0 Å². The smallest absolute Gasteiger partial charge is 0.232 e. The number of amides is 1. The number of aliphatic hydroxyl groups is 1. The van der Waals surface area contributed by atoms with E-state index in [1.807, 2.05) is 81.6 Å². The van der Waals surface area contributed by atoms with Crippen LogP contribution in [0.25, 0.3) is 0 Å². The third kappa shape index (κ3) is 5.12. The lowest BCUT2D eigenvalue weighted by molar-refractivity contribution is -0.118. The quantitative estimate of drug-likeness (QED) is 0.317. The molecule has 1 N–H and O–H groups in total. The van der Waals surface area contributed by atoms with Crippen LogP contribution in [-0.2, 0) is 23.9 Å². The Kier molecular flexibility index (Phi) is 7.14. The molecule has 1 aliphatic rings. The van der Waals surface area contributed by atoms with Crippen LogP contribution in [0, 0.1) is 0 Å². The van der Waals surface area contributed by atoms with E-state index in [0.717, 1.165) is 16.7 Å². The summed E-state index contributed by atoms with van der Waals surface area (Å²) in [4.78, 5) is 15.5. The van der Waals surface area contributed by atoms with Crippen molar-refractivity contribution in [3.63, 3.8) is 0 Å². The van der Waals surface area contributed by atoms with Gasteiger partial charge in [0.25, 0.3) is 0 Å². The molecule has 1 aliphatic heterocycles. The maximum atomic E-state index is 13.7. The predicted molar refractivity (Wildman–Crippen MR) is 152 cm³/mol. The molecule has 39 heavy (non-hydrogen) atoms. The number of carbonyl (C=O) groups is 1. The lowest BCUT2D eigenvalue weighted by Crippen LogP contribution is -2.41. The first-order chi connectivity index (χ1) is 18.6. The average Bonchev–Trinajstić information content (AvgIpc) is 3.35. The van der Waals surface area contributed by atoms with E-state index >= 15 is 0 Å². The number of nitrogens with zero attached hydrogens (tertiary/aromatic N) is 3. The highest BCUT2D eigenvalue weighted by Gasteiger charge is 2.36. The molecule has 2 atom stereocenters. The molecule has 1 amide bonds. The van der Waals surface area contributed by atoms with Gasteiger partial charge in [-0.25, -0.2) is 0 Å². The Morgan fingerprint density at radius 3 is 2.33 bits per heavy atom. The summed E-state index contributed by atoms with van der Waals surface area (Å²) in [5, 5.41) is 16.3. The Bertz CT molecular complexity index is 1490. The van der Waals surface area contributed by atoms with Crippen molar-refractivity contribution in [2.24, 2.45) is 7.05 Å². The van der Waals surface area contributed by atoms with Crippen molar-refractivity contribution in [3.05, 3.63) is 106 Å². The maximum Gasteiger partial charge on any atom is 0.232 e. The zero-order valence-corrected chi connectivity index (χ0v) is 23.4. The summed E-state index contributed by atoms with van der Waals surface area (Å²) >= 11 is 6.22. The highest BCUT2D eigenvalue weighted by Crippen LogP contribution is 2.44. The topological polar surface area (TPSA) is 76.8 Å². The van der Waals surface area contributed by atoms with Crippen molar-refractivity contribution in [1.82, 2.24) is 9.78 Å². The van der Waals surface area contributed by atoms with Crippen LogP contribution in [0.4, 0.5) is 5.69 Å². The van der Waals surface area contributed by atoms with Crippen molar-refractivity contribution in [2.75, 3.05) is 12.0 Å². The molecule has 4 aromatic rings. The van der Waals surface area contributed by atoms with E-state index in [1.54, 1.807) is 35.9 Å². The van der Waals surface area contributed by atoms with E-state index in [-0.39, 0.29) is 18.4 Å². The molecule has 1 aromatic heterocycles.